The van der Waals surface area contributed by atoms with Crippen molar-refractivity contribution in [2.24, 2.45) is 0 Å². The smallest absolute Gasteiger partial charge is 0.134 e. The van der Waals surface area contributed by atoms with Crippen molar-refractivity contribution in [1.82, 2.24) is 5.32 Å². The van der Waals surface area contributed by atoms with Crippen molar-refractivity contribution >= 4 is 11.0 Å². The Hall–Kier alpha value is -2.26. The summed E-state index contributed by atoms with van der Waals surface area (Å²) in [6.45, 7) is 0.780. The Bertz CT molecular complexity index is 674. The van der Waals surface area contributed by atoms with E-state index in [-0.39, 0.29) is 0 Å². The normalized spacial score (nSPS) is 10.8. The van der Waals surface area contributed by atoms with Crippen molar-refractivity contribution in [3.8, 4) is 11.5 Å². The maximum atomic E-state index is 5.83. The summed E-state index contributed by atoms with van der Waals surface area (Å²) in [5, 5.41) is 4.22. The minimum atomic E-state index is 0.780. The number of nitrogens with one attached hydrogen (secondary N) is 1. The van der Waals surface area contributed by atoms with Crippen molar-refractivity contribution in [3.63, 3.8) is 0 Å². The van der Waals surface area contributed by atoms with Crippen LogP contribution in [0.3, 0.4) is 0 Å². The molecule has 0 fully saturated rings. The third-order valence-corrected chi connectivity index (χ3v) is 2.97. The lowest BCUT2D eigenvalue weighted by Crippen LogP contribution is -2.03. The Morgan fingerprint density at radius 3 is 2.68 bits per heavy atom. The summed E-state index contributed by atoms with van der Waals surface area (Å²) in [4.78, 5) is 0. The molecule has 0 aliphatic rings. The molecule has 0 amide bonds. The van der Waals surface area contributed by atoms with Crippen molar-refractivity contribution in [2.75, 3.05) is 7.05 Å². The van der Waals surface area contributed by atoms with Crippen LogP contribution in [-0.2, 0) is 6.54 Å². The molecule has 0 unspecified atom stereocenters. The van der Waals surface area contributed by atoms with E-state index >= 15 is 0 Å². The second kappa shape index (κ2) is 5.16. The highest BCUT2D eigenvalue weighted by Crippen LogP contribution is 2.28. The van der Waals surface area contributed by atoms with E-state index in [0.717, 1.165) is 34.6 Å². The molecule has 2 aromatic carbocycles. The molecule has 1 heterocycles. The van der Waals surface area contributed by atoms with Gasteiger partial charge in [-0.05, 0) is 37.4 Å². The molecule has 19 heavy (non-hydrogen) atoms. The van der Waals surface area contributed by atoms with Crippen LogP contribution in [0.2, 0.25) is 0 Å². The molecule has 3 heteroatoms. The molecule has 0 saturated heterocycles. The zero-order valence-electron chi connectivity index (χ0n) is 10.7. The molecule has 3 rings (SSSR count). The van der Waals surface area contributed by atoms with Crippen LogP contribution in [0.5, 0.6) is 11.5 Å². The molecule has 0 aliphatic heterocycles. The maximum Gasteiger partial charge on any atom is 0.134 e. The monoisotopic (exact) mass is 253 g/mol. The van der Waals surface area contributed by atoms with E-state index in [0.29, 0.717) is 0 Å². The van der Waals surface area contributed by atoms with Gasteiger partial charge in [0.1, 0.15) is 17.1 Å². The van der Waals surface area contributed by atoms with E-state index < -0.39 is 0 Å². The summed E-state index contributed by atoms with van der Waals surface area (Å²) in [7, 11) is 1.92. The second-order valence-electron chi connectivity index (χ2n) is 4.36. The van der Waals surface area contributed by atoms with Gasteiger partial charge in [-0.2, -0.15) is 0 Å². The standard InChI is InChI=1S/C16H15NO2/c1-17-10-12-11-18-16-8-7-14(9-15(12)16)19-13-5-3-2-4-6-13/h2-9,11,17H,10H2,1H3. The second-order valence-corrected chi connectivity index (χ2v) is 4.36. The minimum Gasteiger partial charge on any atom is -0.464 e. The van der Waals surface area contributed by atoms with Crippen LogP contribution in [0.4, 0.5) is 0 Å². The van der Waals surface area contributed by atoms with Crippen molar-refractivity contribution in [1.29, 1.82) is 0 Å². The lowest BCUT2D eigenvalue weighted by atomic mass is 10.1. The highest BCUT2D eigenvalue weighted by atomic mass is 16.5. The van der Waals surface area contributed by atoms with Gasteiger partial charge in [0, 0.05) is 17.5 Å². The molecule has 0 saturated carbocycles. The van der Waals surface area contributed by atoms with Crippen LogP contribution in [-0.4, -0.2) is 7.05 Å². The van der Waals surface area contributed by atoms with E-state index in [4.69, 9.17) is 9.15 Å². The van der Waals surface area contributed by atoms with E-state index in [1.54, 1.807) is 6.26 Å². The third-order valence-electron chi connectivity index (χ3n) is 2.97. The summed E-state index contributed by atoms with van der Waals surface area (Å²) in [5.74, 6) is 1.65. The summed E-state index contributed by atoms with van der Waals surface area (Å²) in [5.41, 5.74) is 2.02. The molecule has 96 valence electrons. The predicted molar refractivity (Wildman–Crippen MR) is 75.5 cm³/mol. The van der Waals surface area contributed by atoms with Crippen molar-refractivity contribution in [3.05, 3.63) is 60.4 Å². The van der Waals surface area contributed by atoms with Gasteiger partial charge in [0.05, 0.1) is 6.26 Å². The first-order chi connectivity index (χ1) is 9.36. The first-order valence-corrected chi connectivity index (χ1v) is 6.24. The molecule has 0 spiro atoms. The number of para-hydroxylation sites is 1. The van der Waals surface area contributed by atoms with Gasteiger partial charge in [-0.1, -0.05) is 18.2 Å². The summed E-state index contributed by atoms with van der Waals surface area (Å²) >= 11 is 0. The topological polar surface area (TPSA) is 34.4 Å². The Balaban J connectivity index is 1.94. The average molecular weight is 253 g/mol. The molecule has 0 aliphatic carbocycles. The van der Waals surface area contributed by atoms with Crippen molar-refractivity contribution < 1.29 is 9.15 Å². The fourth-order valence-electron chi connectivity index (χ4n) is 2.08. The lowest BCUT2D eigenvalue weighted by molar-refractivity contribution is 0.483. The molecule has 3 aromatic rings. The highest BCUT2D eigenvalue weighted by Gasteiger charge is 2.07. The number of benzene rings is 2. The van der Waals surface area contributed by atoms with Gasteiger partial charge < -0.3 is 14.5 Å². The van der Waals surface area contributed by atoms with Gasteiger partial charge in [0.15, 0.2) is 0 Å². The zero-order chi connectivity index (χ0) is 13.1. The molecule has 1 N–H and O–H groups in total. The number of hydrogen-bond donors (Lipinski definition) is 1. The number of hydrogen-bond acceptors (Lipinski definition) is 3. The number of ether oxygens (including phenoxy) is 1. The van der Waals surface area contributed by atoms with Gasteiger partial charge >= 0.3 is 0 Å². The fourth-order valence-corrected chi connectivity index (χ4v) is 2.08. The van der Waals surface area contributed by atoms with E-state index in [2.05, 4.69) is 5.32 Å². The first-order valence-electron chi connectivity index (χ1n) is 6.24. The van der Waals surface area contributed by atoms with Crippen molar-refractivity contribution in [2.45, 2.75) is 6.54 Å². The number of fused-ring (bicyclic) bond motifs is 1. The van der Waals surface area contributed by atoms with E-state index in [1.807, 2.05) is 55.6 Å². The Morgan fingerprint density at radius 1 is 1.05 bits per heavy atom. The quantitative estimate of drug-likeness (QED) is 0.764. The molecule has 3 nitrogen and oxygen atoms in total. The Morgan fingerprint density at radius 2 is 1.89 bits per heavy atom. The highest BCUT2D eigenvalue weighted by molar-refractivity contribution is 5.82. The van der Waals surface area contributed by atoms with Gasteiger partial charge in [-0.3, -0.25) is 0 Å². The van der Waals surface area contributed by atoms with Crippen LogP contribution in [0, 0.1) is 0 Å². The molecule has 1 aromatic heterocycles. The van der Waals surface area contributed by atoms with Crippen LogP contribution in [0.25, 0.3) is 11.0 Å². The predicted octanol–water partition coefficient (Wildman–Crippen LogP) is 3.94. The molecular weight excluding hydrogens is 238 g/mol. The summed E-state index contributed by atoms with van der Waals surface area (Å²) in [6, 6.07) is 15.6. The van der Waals surface area contributed by atoms with Crippen LogP contribution in [0.1, 0.15) is 5.56 Å². The van der Waals surface area contributed by atoms with Crippen LogP contribution in [0.15, 0.2) is 59.2 Å². The number of furan rings is 1. The van der Waals surface area contributed by atoms with Gasteiger partial charge in [-0.25, -0.2) is 0 Å². The zero-order valence-corrected chi connectivity index (χ0v) is 10.7. The van der Waals surface area contributed by atoms with E-state index in [9.17, 15) is 0 Å². The van der Waals surface area contributed by atoms with Gasteiger partial charge in [0.2, 0.25) is 0 Å². The Kier molecular flexibility index (Phi) is 3.21. The Labute approximate surface area is 111 Å². The number of rotatable bonds is 4. The average Bonchev–Trinajstić information content (AvgIpc) is 2.83. The lowest BCUT2D eigenvalue weighted by Gasteiger charge is -2.05. The maximum absolute atomic E-state index is 5.83. The van der Waals surface area contributed by atoms with Crippen LogP contribution < -0.4 is 10.1 Å². The minimum absolute atomic E-state index is 0.780. The molecule has 0 atom stereocenters. The van der Waals surface area contributed by atoms with Crippen LogP contribution >= 0.6 is 0 Å². The summed E-state index contributed by atoms with van der Waals surface area (Å²) < 4.78 is 11.3. The third kappa shape index (κ3) is 2.46. The first kappa shape index (κ1) is 11.8. The van der Waals surface area contributed by atoms with E-state index in [1.165, 1.54) is 0 Å². The molecular formula is C16H15NO2. The molecule has 0 radical (unpaired) electrons. The van der Waals surface area contributed by atoms with Gasteiger partial charge in [0.25, 0.3) is 0 Å². The SMILES string of the molecule is CNCc1coc2ccc(Oc3ccccc3)cc12. The largest absolute Gasteiger partial charge is 0.464 e. The van der Waals surface area contributed by atoms with Gasteiger partial charge in [-0.15, -0.1) is 0 Å². The molecule has 0 bridgehead atoms. The summed E-state index contributed by atoms with van der Waals surface area (Å²) in [6.07, 6.45) is 1.79. The fraction of sp³-hybridized carbons (Fsp3) is 0.125.